The minimum absolute atomic E-state index is 0. The van der Waals surface area contributed by atoms with Gasteiger partial charge in [-0.05, 0) is 0 Å². The Bertz CT molecular complexity index is 101. The molecule has 0 aliphatic heterocycles. The van der Waals surface area contributed by atoms with Crippen molar-refractivity contribution in [2.24, 2.45) is 0 Å². The van der Waals surface area contributed by atoms with Gasteiger partial charge in [0.1, 0.15) is 7.32 Å². The predicted molar refractivity (Wildman–Crippen MR) is 18.8 cm³/mol. The second-order valence-electron chi connectivity index (χ2n) is 1.26. The maximum absolute atomic E-state index is 11.1. The summed E-state index contributed by atoms with van der Waals surface area (Å²) in [6, 6.07) is 0. The molecule has 0 aromatic heterocycles. The zero-order valence-corrected chi connectivity index (χ0v) is 10.6. The van der Waals surface area contributed by atoms with Crippen molar-refractivity contribution in [3.05, 3.63) is 0 Å². The van der Waals surface area contributed by atoms with Crippen molar-refractivity contribution in [1.82, 2.24) is 0 Å². The molecule has 0 amide bonds. The van der Waals surface area contributed by atoms with Gasteiger partial charge < -0.3 is 14.9 Å². The molecule has 10 heteroatoms. The van der Waals surface area contributed by atoms with E-state index in [0.717, 1.165) is 0 Å². The van der Waals surface area contributed by atoms with E-state index >= 15 is 0 Å². The van der Waals surface area contributed by atoms with Gasteiger partial charge in [0.05, 0.1) is 0 Å². The van der Waals surface area contributed by atoms with Crippen LogP contribution in [0.5, 0.6) is 0 Å². The number of hydrogen-bond acceptors (Lipinski definition) is 4. The van der Waals surface area contributed by atoms with Gasteiger partial charge in [0.25, 0.3) is 0 Å². The molecule has 0 N–H and O–H groups in total. The van der Waals surface area contributed by atoms with E-state index < -0.39 is 20.1 Å². The van der Waals surface area contributed by atoms with Crippen LogP contribution in [0.2, 0.25) is 0 Å². The first-order valence-electron chi connectivity index (χ1n) is 2.08. The van der Waals surface area contributed by atoms with Crippen molar-refractivity contribution < 1.29 is 92.0 Å². The average Bonchev–Trinajstić information content (AvgIpc) is 1.59. The van der Waals surface area contributed by atoms with Crippen LogP contribution in [0.1, 0.15) is 0 Å². The van der Waals surface area contributed by atoms with Crippen LogP contribution in [-0.4, -0.2) is 20.1 Å². The number of halogens is 3. The summed E-state index contributed by atoms with van der Waals surface area (Å²) in [5.74, 6) is 0. The van der Waals surface area contributed by atoms with Crippen LogP contribution < -0.4 is 69.2 Å². The first-order valence-corrected chi connectivity index (χ1v) is 2.08. The van der Waals surface area contributed by atoms with E-state index in [1.165, 1.54) is 0 Å². The van der Waals surface area contributed by atoms with Gasteiger partial charge in [0.2, 0.25) is 0 Å². The Morgan fingerprint density at radius 2 is 1.58 bits per heavy atom. The van der Waals surface area contributed by atoms with Crippen LogP contribution in [-0.2, 0) is 9.69 Å². The fourth-order valence-electron chi connectivity index (χ4n) is 0.156. The van der Waals surface area contributed by atoms with Crippen molar-refractivity contribution in [1.29, 1.82) is 0 Å². The average molecular weight is 204 g/mol. The molecule has 0 fully saturated rings. The van der Waals surface area contributed by atoms with E-state index in [2.05, 4.69) is 9.69 Å². The van der Waals surface area contributed by atoms with Crippen molar-refractivity contribution in [2.75, 3.05) is 6.61 Å². The molecule has 0 saturated carbocycles. The zero-order valence-electron chi connectivity index (χ0n) is 6.55. The van der Waals surface area contributed by atoms with Crippen LogP contribution >= 0.6 is 0 Å². The van der Waals surface area contributed by atoms with Crippen LogP contribution in [0, 0.1) is 0 Å². The summed E-state index contributed by atoms with van der Waals surface area (Å²) in [6.07, 6.45) is -4.59. The predicted octanol–water partition coefficient (Wildman–Crippen LogP) is -7.79. The van der Waals surface area contributed by atoms with Gasteiger partial charge in [0, 0.05) is 0 Å². The number of hydrogen-bond donors (Lipinski definition) is 0. The Kier molecular flexibility index (Phi) is 14.9. The van der Waals surface area contributed by atoms with E-state index in [4.69, 9.17) is 0 Å². The van der Waals surface area contributed by atoms with Crippen LogP contribution in [0.15, 0.2) is 0 Å². The van der Waals surface area contributed by atoms with Gasteiger partial charge in [-0.1, -0.05) is 0 Å². The molecule has 0 atom stereocenters. The minimum atomic E-state index is -4.59. The molecular weight excluding hydrogens is 202 g/mol. The molecule has 0 aromatic carbocycles. The maximum Gasteiger partial charge on any atom is 1.00 e. The van der Waals surface area contributed by atoms with Gasteiger partial charge in [-0.25, -0.2) is 4.89 Å². The quantitative estimate of drug-likeness (QED) is 0.260. The van der Waals surface area contributed by atoms with E-state index in [9.17, 15) is 23.2 Å². The zero-order chi connectivity index (χ0) is 8.20. The minimum Gasteiger partial charge on any atom is -0.868 e. The summed E-state index contributed by atoms with van der Waals surface area (Å²) >= 11 is 0. The SMILES string of the molecule is [Na+].[Na+].[O-]B([O-])OOCC(F)(F)F. The summed E-state index contributed by atoms with van der Waals surface area (Å²) in [6.45, 7) is -1.76. The van der Waals surface area contributed by atoms with E-state index in [0.29, 0.717) is 0 Å². The summed E-state index contributed by atoms with van der Waals surface area (Å²) in [4.78, 5) is 6.30. The molecule has 4 nitrogen and oxygen atoms in total. The van der Waals surface area contributed by atoms with Crippen LogP contribution in [0.4, 0.5) is 13.2 Å². The molecule has 0 bridgehead atoms. The van der Waals surface area contributed by atoms with E-state index in [-0.39, 0.29) is 59.1 Å². The molecule has 0 heterocycles. The van der Waals surface area contributed by atoms with Crippen molar-refractivity contribution in [3.8, 4) is 0 Å². The molecule has 0 aromatic rings. The normalized spacial score (nSPS) is 9.75. The fraction of sp³-hybridized carbons (Fsp3) is 1.00. The standard InChI is InChI=1S/C2H2BF3O4.2Na/c4-2(5,6)1-9-10-3(7)8;;/h1H2;;/q-2;2*+1. The van der Waals surface area contributed by atoms with Gasteiger partial charge in [-0.3, -0.25) is 0 Å². The second-order valence-corrected chi connectivity index (χ2v) is 1.26. The van der Waals surface area contributed by atoms with Gasteiger partial charge in [-0.2, -0.15) is 13.2 Å². The van der Waals surface area contributed by atoms with E-state index in [1.807, 2.05) is 0 Å². The third-order valence-corrected chi connectivity index (χ3v) is 0.369. The molecule has 12 heavy (non-hydrogen) atoms. The second kappa shape index (κ2) is 9.26. The summed E-state index contributed by atoms with van der Waals surface area (Å²) in [5, 5.41) is 18.7. The fourth-order valence-corrected chi connectivity index (χ4v) is 0.156. The molecule has 0 aliphatic carbocycles. The number of rotatable bonds is 3. The van der Waals surface area contributed by atoms with Gasteiger partial charge >= 0.3 is 65.3 Å². The smallest absolute Gasteiger partial charge is 0.868 e. The first kappa shape index (κ1) is 19.3. The first-order chi connectivity index (χ1) is 4.42. The molecule has 60 valence electrons. The molecular formula is C2H2BF3Na2O4. The van der Waals surface area contributed by atoms with Crippen LogP contribution in [0.3, 0.4) is 0 Å². The van der Waals surface area contributed by atoms with Gasteiger partial charge in [-0.15, -0.1) is 0 Å². The summed E-state index contributed by atoms with van der Waals surface area (Å²) in [5.41, 5.74) is 0. The monoisotopic (exact) mass is 204 g/mol. The topological polar surface area (TPSA) is 64.6 Å². The maximum atomic E-state index is 11.1. The van der Waals surface area contributed by atoms with Crippen LogP contribution in [0.25, 0.3) is 0 Å². The summed E-state index contributed by atoms with van der Waals surface area (Å²) < 4.78 is 33.3. The van der Waals surface area contributed by atoms with Crippen molar-refractivity contribution >= 4 is 7.32 Å². The molecule has 0 spiro atoms. The summed E-state index contributed by atoms with van der Waals surface area (Å²) in [7, 11) is -2.85. The molecule has 0 saturated heterocycles. The van der Waals surface area contributed by atoms with Gasteiger partial charge in [0.15, 0.2) is 6.61 Å². The number of alkyl halides is 3. The molecule has 0 radical (unpaired) electrons. The Balaban J connectivity index is -0.000000405. The Hall–Kier alpha value is 1.69. The molecule has 0 rings (SSSR count). The molecule has 0 unspecified atom stereocenters. The third kappa shape index (κ3) is 17.7. The van der Waals surface area contributed by atoms with Crippen molar-refractivity contribution in [3.63, 3.8) is 0 Å². The van der Waals surface area contributed by atoms with Crippen molar-refractivity contribution in [2.45, 2.75) is 6.18 Å². The molecule has 0 aliphatic rings. The largest absolute Gasteiger partial charge is 1.00 e. The Morgan fingerprint density at radius 1 is 1.17 bits per heavy atom. The Labute approximate surface area is 111 Å². The third-order valence-electron chi connectivity index (χ3n) is 0.369. The van der Waals surface area contributed by atoms with E-state index in [1.54, 1.807) is 0 Å². The Morgan fingerprint density at radius 3 is 1.83 bits per heavy atom.